The Morgan fingerprint density at radius 1 is 1.29 bits per heavy atom. The number of hydrogen-bond donors (Lipinski definition) is 1. The molecule has 0 spiro atoms. The molecule has 0 radical (unpaired) electrons. The summed E-state index contributed by atoms with van der Waals surface area (Å²) < 4.78 is 0. The van der Waals surface area contributed by atoms with Gasteiger partial charge in [-0.3, -0.25) is 0 Å². The summed E-state index contributed by atoms with van der Waals surface area (Å²) in [6, 6.07) is 0. The number of nitrogens with zero attached hydrogens (tertiary/aromatic N) is 1. The summed E-state index contributed by atoms with van der Waals surface area (Å²) >= 11 is 0. The first-order chi connectivity index (χ1) is 6.95. The van der Waals surface area contributed by atoms with Gasteiger partial charge in [0.2, 0.25) is 0 Å². The summed E-state index contributed by atoms with van der Waals surface area (Å²) in [5, 5.41) is 3.46. The lowest BCUT2D eigenvalue weighted by molar-refractivity contribution is 0.265. The third-order valence-electron chi connectivity index (χ3n) is 3.41. The van der Waals surface area contributed by atoms with E-state index in [2.05, 4.69) is 34.5 Å². The van der Waals surface area contributed by atoms with Crippen LogP contribution in [0.25, 0.3) is 0 Å². The molecule has 1 unspecified atom stereocenters. The maximum atomic E-state index is 3.46. The average Bonchev–Trinajstić information content (AvgIpc) is 2.29. The van der Waals surface area contributed by atoms with Crippen LogP contribution in [0.1, 0.15) is 6.42 Å². The van der Waals surface area contributed by atoms with E-state index in [0.29, 0.717) is 5.92 Å². The standard InChI is InChI=1S/C12H16N2/c1-2-4-11-10(3-1)5-7-14-8-6-13-9-12(11)14/h1-4,10,13H,5-9H2. The Hall–Kier alpha value is -1.02. The van der Waals surface area contributed by atoms with Gasteiger partial charge in [0.1, 0.15) is 0 Å². The molecule has 2 aliphatic heterocycles. The quantitative estimate of drug-likeness (QED) is 0.616. The Morgan fingerprint density at radius 2 is 2.29 bits per heavy atom. The van der Waals surface area contributed by atoms with Crippen LogP contribution in [0.3, 0.4) is 0 Å². The number of hydrogen-bond acceptors (Lipinski definition) is 2. The second-order valence-electron chi connectivity index (χ2n) is 4.21. The molecule has 1 N–H and O–H groups in total. The Labute approximate surface area is 85.0 Å². The molecular weight excluding hydrogens is 172 g/mol. The normalized spacial score (nSPS) is 30.3. The zero-order valence-corrected chi connectivity index (χ0v) is 8.37. The SMILES string of the molecule is C1=CC2=C3CNCCN3CCC2C=C1. The zero-order valence-electron chi connectivity index (χ0n) is 8.37. The van der Waals surface area contributed by atoms with Crippen molar-refractivity contribution >= 4 is 0 Å². The van der Waals surface area contributed by atoms with Gasteiger partial charge in [0.25, 0.3) is 0 Å². The van der Waals surface area contributed by atoms with E-state index in [1.165, 1.54) is 25.2 Å². The lowest BCUT2D eigenvalue weighted by Gasteiger charge is -2.40. The van der Waals surface area contributed by atoms with Crippen molar-refractivity contribution in [3.63, 3.8) is 0 Å². The summed E-state index contributed by atoms with van der Waals surface area (Å²) in [6.07, 6.45) is 10.3. The molecule has 1 saturated heterocycles. The van der Waals surface area contributed by atoms with Gasteiger partial charge in [-0.2, -0.15) is 0 Å². The molecule has 0 aromatic heterocycles. The van der Waals surface area contributed by atoms with Gasteiger partial charge in [0, 0.05) is 37.8 Å². The maximum absolute atomic E-state index is 3.46. The third-order valence-corrected chi connectivity index (χ3v) is 3.41. The summed E-state index contributed by atoms with van der Waals surface area (Å²) in [6.45, 7) is 4.62. The van der Waals surface area contributed by atoms with Crippen molar-refractivity contribution in [1.82, 2.24) is 10.2 Å². The van der Waals surface area contributed by atoms with Gasteiger partial charge >= 0.3 is 0 Å². The monoisotopic (exact) mass is 188 g/mol. The van der Waals surface area contributed by atoms with Crippen molar-refractivity contribution in [1.29, 1.82) is 0 Å². The van der Waals surface area contributed by atoms with Crippen molar-refractivity contribution in [2.24, 2.45) is 5.92 Å². The predicted octanol–water partition coefficient (Wildman–Crippen LogP) is 1.29. The first-order valence-electron chi connectivity index (χ1n) is 5.49. The van der Waals surface area contributed by atoms with E-state index in [0.717, 1.165) is 13.1 Å². The van der Waals surface area contributed by atoms with E-state index >= 15 is 0 Å². The highest BCUT2D eigenvalue weighted by Crippen LogP contribution is 2.32. The molecule has 1 aliphatic carbocycles. The van der Waals surface area contributed by atoms with E-state index < -0.39 is 0 Å². The van der Waals surface area contributed by atoms with E-state index in [1.54, 1.807) is 5.57 Å². The first kappa shape index (κ1) is 8.30. The molecule has 0 aromatic rings. The van der Waals surface area contributed by atoms with Crippen molar-refractivity contribution in [3.05, 3.63) is 35.6 Å². The lowest BCUT2D eigenvalue weighted by atomic mass is 9.86. The molecule has 1 fully saturated rings. The van der Waals surface area contributed by atoms with Gasteiger partial charge in [-0.25, -0.2) is 0 Å². The molecule has 0 amide bonds. The van der Waals surface area contributed by atoms with Gasteiger partial charge < -0.3 is 10.2 Å². The lowest BCUT2D eigenvalue weighted by Crippen LogP contribution is -2.45. The summed E-state index contributed by atoms with van der Waals surface area (Å²) in [7, 11) is 0. The molecule has 0 bridgehead atoms. The first-order valence-corrected chi connectivity index (χ1v) is 5.49. The van der Waals surface area contributed by atoms with Crippen LogP contribution in [0.15, 0.2) is 35.6 Å². The zero-order chi connectivity index (χ0) is 9.38. The van der Waals surface area contributed by atoms with Gasteiger partial charge in [-0.15, -0.1) is 0 Å². The van der Waals surface area contributed by atoms with Crippen LogP contribution >= 0.6 is 0 Å². The summed E-state index contributed by atoms with van der Waals surface area (Å²) in [4.78, 5) is 2.55. The summed E-state index contributed by atoms with van der Waals surface area (Å²) in [5.74, 6) is 0.686. The van der Waals surface area contributed by atoms with Crippen LogP contribution in [0.4, 0.5) is 0 Å². The highest BCUT2D eigenvalue weighted by Gasteiger charge is 2.26. The maximum Gasteiger partial charge on any atom is 0.0359 e. The minimum atomic E-state index is 0.686. The van der Waals surface area contributed by atoms with Gasteiger partial charge in [0.05, 0.1) is 0 Å². The highest BCUT2D eigenvalue weighted by atomic mass is 15.2. The Kier molecular flexibility index (Phi) is 1.95. The number of rotatable bonds is 0. The minimum Gasteiger partial charge on any atom is -0.372 e. The number of fused-ring (bicyclic) bond motifs is 2. The highest BCUT2D eigenvalue weighted by molar-refractivity contribution is 5.39. The van der Waals surface area contributed by atoms with Crippen molar-refractivity contribution < 1.29 is 0 Å². The van der Waals surface area contributed by atoms with E-state index in [-0.39, 0.29) is 0 Å². The van der Waals surface area contributed by atoms with Crippen LogP contribution in [0.2, 0.25) is 0 Å². The van der Waals surface area contributed by atoms with Crippen LogP contribution in [0, 0.1) is 5.92 Å². The minimum absolute atomic E-state index is 0.686. The Bertz CT molecular complexity index is 325. The molecule has 2 nitrogen and oxygen atoms in total. The summed E-state index contributed by atoms with van der Waals surface area (Å²) in [5.41, 5.74) is 3.08. The second-order valence-corrected chi connectivity index (χ2v) is 4.21. The van der Waals surface area contributed by atoms with E-state index in [1.807, 2.05) is 0 Å². The smallest absolute Gasteiger partial charge is 0.0359 e. The van der Waals surface area contributed by atoms with E-state index in [9.17, 15) is 0 Å². The van der Waals surface area contributed by atoms with Gasteiger partial charge in [-0.1, -0.05) is 24.3 Å². The molecule has 3 rings (SSSR count). The van der Waals surface area contributed by atoms with Crippen molar-refractivity contribution in [2.75, 3.05) is 26.2 Å². The Balaban J connectivity index is 2.00. The fourth-order valence-corrected chi connectivity index (χ4v) is 2.64. The largest absolute Gasteiger partial charge is 0.372 e. The molecule has 2 heterocycles. The van der Waals surface area contributed by atoms with Crippen LogP contribution in [-0.4, -0.2) is 31.1 Å². The fraction of sp³-hybridized carbons (Fsp3) is 0.500. The number of nitrogens with one attached hydrogen (secondary N) is 1. The van der Waals surface area contributed by atoms with Crippen molar-refractivity contribution in [2.45, 2.75) is 6.42 Å². The van der Waals surface area contributed by atoms with Crippen LogP contribution in [0.5, 0.6) is 0 Å². The third kappa shape index (κ3) is 1.22. The van der Waals surface area contributed by atoms with Crippen molar-refractivity contribution in [3.8, 4) is 0 Å². The van der Waals surface area contributed by atoms with E-state index in [4.69, 9.17) is 0 Å². The van der Waals surface area contributed by atoms with Crippen LogP contribution in [-0.2, 0) is 0 Å². The second kappa shape index (κ2) is 3.28. The fourth-order valence-electron chi connectivity index (χ4n) is 2.64. The molecule has 1 atom stereocenters. The molecule has 2 heteroatoms. The number of allylic oxidation sites excluding steroid dienone is 5. The molecule has 74 valence electrons. The molecule has 0 aromatic carbocycles. The number of piperazine rings is 1. The molecule has 0 saturated carbocycles. The van der Waals surface area contributed by atoms with Gasteiger partial charge in [0.15, 0.2) is 0 Å². The average molecular weight is 188 g/mol. The van der Waals surface area contributed by atoms with Crippen LogP contribution < -0.4 is 5.32 Å². The molecule has 3 aliphatic rings. The topological polar surface area (TPSA) is 15.3 Å². The molecular formula is C12H16N2. The van der Waals surface area contributed by atoms with Gasteiger partial charge in [-0.05, 0) is 12.0 Å². The Morgan fingerprint density at radius 3 is 3.29 bits per heavy atom. The molecule has 14 heavy (non-hydrogen) atoms. The predicted molar refractivity (Wildman–Crippen MR) is 57.9 cm³/mol.